The Bertz CT molecular complexity index is 423. The molecule has 0 aromatic carbocycles. The third kappa shape index (κ3) is 3.30. The molecule has 0 saturated heterocycles. The van der Waals surface area contributed by atoms with Gasteiger partial charge < -0.3 is 9.47 Å². The van der Waals surface area contributed by atoms with Crippen molar-refractivity contribution in [1.29, 1.82) is 0 Å². The molecule has 1 heterocycles. The summed E-state index contributed by atoms with van der Waals surface area (Å²) in [6, 6.07) is 0. The van der Waals surface area contributed by atoms with E-state index in [9.17, 15) is 9.59 Å². The van der Waals surface area contributed by atoms with Crippen LogP contribution in [0.5, 0.6) is 5.88 Å². The minimum Gasteiger partial charge on any atom is -0.473 e. The minimum atomic E-state index is -0.546. The molecular weight excluding hydrogens is 224 g/mol. The van der Waals surface area contributed by atoms with Crippen LogP contribution in [0.25, 0.3) is 0 Å². The van der Waals surface area contributed by atoms with Gasteiger partial charge in [-0.3, -0.25) is 4.79 Å². The van der Waals surface area contributed by atoms with Crippen molar-refractivity contribution in [3.05, 3.63) is 11.8 Å². The number of hydrogen-bond acceptors (Lipinski definition) is 5. The van der Waals surface area contributed by atoms with Crippen LogP contribution < -0.4 is 4.74 Å². The Morgan fingerprint density at radius 1 is 1.47 bits per heavy atom. The Labute approximate surface area is 99.5 Å². The summed E-state index contributed by atoms with van der Waals surface area (Å²) in [5, 5.41) is 3.90. The normalized spacial score (nSPS) is 10.4. The number of aromatic nitrogens is 2. The van der Waals surface area contributed by atoms with Gasteiger partial charge in [-0.05, 0) is 20.8 Å². The number of hydrogen-bond donors (Lipinski definition) is 0. The topological polar surface area (TPSA) is 70.4 Å². The van der Waals surface area contributed by atoms with Crippen LogP contribution in [0, 0.1) is 0 Å². The number of rotatable bonds is 4. The van der Waals surface area contributed by atoms with Gasteiger partial charge in [0.1, 0.15) is 5.56 Å². The summed E-state index contributed by atoms with van der Waals surface area (Å²) >= 11 is 0. The van der Waals surface area contributed by atoms with E-state index in [2.05, 4.69) is 5.10 Å². The van der Waals surface area contributed by atoms with Crippen LogP contribution in [0.4, 0.5) is 0 Å². The van der Waals surface area contributed by atoms with Gasteiger partial charge in [0.2, 0.25) is 11.8 Å². The third-order valence-corrected chi connectivity index (χ3v) is 1.85. The van der Waals surface area contributed by atoms with Crippen molar-refractivity contribution in [2.45, 2.75) is 33.8 Å². The van der Waals surface area contributed by atoms with E-state index in [1.807, 2.05) is 13.8 Å². The van der Waals surface area contributed by atoms with E-state index in [-0.39, 0.29) is 30.1 Å². The van der Waals surface area contributed by atoms with Gasteiger partial charge in [-0.15, -0.1) is 5.10 Å². The van der Waals surface area contributed by atoms with Crippen LogP contribution in [0.15, 0.2) is 6.20 Å². The fraction of sp³-hybridized carbons (Fsp3) is 0.545. The zero-order valence-electron chi connectivity index (χ0n) is 10.4. The average molecular weight is 240 g/mol. The van der Waals surface area contributed by atoms with E-state index >= 15 is 0 Å². The first-order valence-electron chi connectivity index (χ1n) is 5.40. The van der Waals surface area contributed by atoms with E-state index in [4.69, 9.17) is 9.47 Å². The molecule has 6 heteroatoms. The molecule has 94 valence electrons. The lowest BCUT2D eigenvalue weighted by Gasteiger charge is -2.07. The summed E-state index contributed by atoms with van der Waals surface area (Å²) in [6.07, 6.45) is 1.18. The number of carbonyl (C=O) groups excluding carboxylic acids is 2. The van der Waals surface area contributed by atoms with Crippen LogP contribution in [0.1, 0.15) is 42.8 Å². The zero-order valence-corrected chi connectivity index (χ0v) is 10.4. The highest BCUT2D eigenvalue weighted by molar-refractivity contribution is 5.92. The largest absolute Gasteiger partial charge is 0.473 e. The van der Waals surface area contributed by atoms with Crippen LogP contribution >= 0.6 is 0 Å². The van der Waals surface area contributed by atoms with Gasteiger partial charge >= 0.3 is 5.97 Å². The van der Waals surface area contributed by atoms with Crippen LogP contribution in [0.2, 0.25) is 0 Å². The Balaban J connectivity index is 3.07. The summed E-state index contributed by atoms with van der Waals surface area (Å²) in [7, 11) is 0. The molecule has 1 aromatic heterocycles. The first kappa shape index (κ1) is 13.2. The van der Waals surface area contributed by atoms with E-state index in [1.165, 1.54) is 13.1 Å². The monoisotopic (exact) mass is 240 g/mol. The molecule has 0 aliphatic rings. The number of esters is 1. The van der Waals surface area contributed by atoms with Gasteiger partial charge in [-0.2, -0.15) is 0 Å². The maximum absolute atomic E-state index is 11.6. The molecule has 17 heavy (non-hydrogen) atoms. The molecule has 0 atom stereocenters. The second kappa shape index (κ2) is 5.47. The van der Waals surface area contributed by atoms with Gasteiger partial charge in [0.15, 0.2) is 0 Å². The van der Waals surface area contributed by atoms with E-state index in [0.29, 0.717) is 0 Å². The molecule has 0 aliphatic carbocycles. The molecule has 0 amide bonds. The van der Waals surface area contributed by atoms with Gasteiger partial charge in [-0.1, -0.05) is 0 Å². The van der Waals surface area contributed by atoms with Gasteiger partial charge in [0.05, 0.1) is 18.9 Å². The molecule has 0 aliphatic heterocycles. The molecule has 6 nitrogen and oxygen atoms in total. The zero-order chi connectivity index (χ0) is 13.0. The van der Waals surface area contributed by atoms with Crippen molar-refractivity contribution in [3.63, 3.8) is 0 Å². The molecule has 0 radical (unpaired) electrons. The third-order valence-electron chi connectivity index (χ3n) is 1.85. The summed E-state index contributed by atoms with van der Waals surface area (Å²) < 4.78 is 11.3. The lowest BCUT2D eigenvalue weighted by atomic mass is 10.3. The molecule has 0 N–H and O–H groups in total. The predicted octanol–water partition coefficient (Wildman–Crippen LogP) is 1.51. The van der Waals surface area contributed by atoms with Crippen LogP contribution in [-0.4, -0.2) is 34.4 Å². The van der Waals surface area contributed by atoms with Gasteiger partial charge in [0, 0.05) is 6.92 Å². The second-order valence-electron chi connectivity index (χ2n) is 3.70. The SMILES string of the molecule is CCOC(=O)c1cn(C(C)=O)nc1OC(C)C. The lowest BCUT2D eigenvalue weighted by molar-refractivity contribution is 0.0520. The van der Waals surface area contributed by atoms with E-state index < -0.39 is 5.97 Å². The van der Waals surface area contributed by atoms with Crippen molar-refractivity contribution in [1.82, 2.24) is 9.78 Å². The van der Waals surface area contributed by atoms with Crippen LogP contribution in [-0.2, 0) is 4.74 Å². The van der Waals surface area contributed by atoms with Gasteiger partial charge in [0.25, 0.3) is 0 Å². The quantitative estimate of drug-likeness (QED) is 0.746. The fourth-order valence-corrected chi connectivity index (χ4v) is 1.18. The van der Waals surface area contributed by atoms with Crippen molar-refractivity contribution in [3.8, 4) is 5.88 Å². The number of nitrogens with zero attached hydrogens (tertiary/aromatic N) is 2. The van der Waals surface area contributed by atoms with Crippen molar-refractivity contribution in [2.75, 3.05) is 6.61 Å². The molecule has 0 bridgehead atoms. The highest BCUT2D eigenvalue weighted by Gasteiger charge is 2.21. The maximum Gasteiger partial charge on any atom is 0.345 e. The molecule has 0 saturated carbocycles. The Morgan fingerprint density at radius 3 is 2.59 bits per heavy atom. The highest BCUT2D eigenvalue weighted by Crippen LogP contribution is 2.18. The molecule has 0 fully saturated rings. The smallest absolute Gasteiger partial charge is 0.345 e. The molecule has 1 aromatic rings. The molecular formula is C11H16N2O4. The first-order chi connectivity index (χ1) is 7.95. The summed E-state index contributed by atoms with van der Waals surface area (Å²) in [6.45, 7) is 6.92. The first-order valence-corrected chi connectivity index (χ1v) is 5.40. The number of carbonyl (C=O) groups is 2. The van der Waals surface area contributed by atoms with Crippen molar-refractivity contribution in [2.24, 2.45) is 0 Å². The van der Waals surface area contributed by atoms with E-state index in [0.717, 1.165) is 4.68 Å². The highest BCUT2D eigenvalue weighted by atomic mass is 16.5. The average Bonchev–Trinajstić information content (AvgIpc) is 2.61. The number of ether oxygens (including phenoxy) is 2. The van der Waals surface area contributed by atoms with Crippen molar-refractivity contribution >= 4 is 11.9 Å². The second-order valence-corrected chi connectivity index (χ2v) is 3.70. The Hall–Kier alpha value is -1.85. The molecule has 0 unspecified atom stereocenters. The Morgan fingerprint density at radius 2 is 2.12 bits per heavy atom. The summed E-state index contributed by atoms with van der Waals surface area (Å²) in [4.78, 5) is 22.8. The van der Waals surface area contributed by atoms with Gasteiger partial charge in [-0.25, -0.2) is 9.48 Å². The summed E-state index contributed by atoms with van der Waals surface area (Å²) in [5.41, 5.74) is 0.163. The standard InChI is InChI=1S/C11H16N2O4/c1-5-16-11(15)9-6-13(8(4)14)12-10(9)17-7(2)3/h6-7H,5H2,1-4H3. The maximum atomic E-state index is 11.6. The molecule has 0 spiro atoms. The minimum absolute atomic E-state index is 0.119. The fourth-order valence-electron chi connectivity index (χ4n) is 1.18. The molecule has 1 rings (SSSR count). The van der Waals surface area contributed by atoms with Crippen LogP contribution in [0.3, 0.4) is 0 Å². The lowest BCUT2D eigenvalue weighted by Crippen LogP contribution is -2.11. The Kier molecular flexibility index (Phi) is 4.25. The van der Waals surface area contributed by atoms with E-state index in [1.54, 1.807) is 6.92 Å². The van der Waals surface area contributed by atoms with Crippen molar-refractivity contribution < 1.29 is 19.1 Å². The summed E-state index contributed by atoms with van der Waals surface area (Å²) in [5.74, 6) is -0.724. The predicted molar refractivity (Wildman–Crippen MR) is 60.2 cm³/mol.